The first-order valence-corrected chi connectivity index (χ1v) is 10.5. The van der Waals surface area contributed by atoms with Crippen LogP contribution < -0.4 is 9.62 Å². The Morgan fingerprint density at radius 2 is 1.70 bits per heavy atom. The van der Waals surface area contributed by atoms with Crippen LogP contribution >= 0.6 is 0 Å². The Morgan fingerprint density at radius 1 is 1.00 bits per heavy atom. The van der Waals surface area contributed by atoms with Crippen LogP contribution in [0.15, 0.2) is 48.7 Å². The first-order valence-electron chi connectivity index (χ1n) is 8.66. The number of aromatic nitrogens is 2. The van der Waals surface area contributed by atoms with Gasteiger partial charge in [-0.3, -0.25) is 9.71 Å². The number of nitrogens with one attached hydrogen (secondary N) is 1. The van der Waals surface area contributed by atoms with E-state index in [0.717, 1.165) is 47.3 Å². The second-order valence-corrected chi connectivity index (χ2v) is 8.23. The van der Waals surface area contributed by atoms with Crippen LogP contribution in [0.5, 0.6) is 0 Å². The van der Waals surface area contributed by atoms with E-state index >= 15 is 0 Å². The Kier molecular flexibility index (Phi) is 4.67. The standard InChI is InChI=1S/C19H20N4O3S/c1-27(24,25)22-16-5-2-14(3-6-16)15-4-7-17-18(12-15)21-19(13-20-17)23-8-10-26-11-9-23/h2-7,12-13,22H,8-11H2,1H3. The second-order valence-electron chi connectivity index (χ2n) is 6.48. The highest BCUT2D eigenvalue weighted by Crippen LogP contribution is 2.25. The number of rotatable bonds is 4. The van der Waals surface area contributed by atoms with Gasteiger partial charge in [-0.05, 0) is 35.4 Å². The maximum atomic E-state index is 11.3. The molecule has 1 N–H and O–H groups in total. The molecule has 1 fully saturated rings. The minimum Gasteiger partial charge on any atom is -0.378 e. The molecule has 2 aromatic carbocycles. The summed E-state index contributed by atoms with van der Waals surface area (Å²) < 4.78 is 30.5. The molecule has 0 unspecified atom stereocenters. The van der Waals surface area contributed by atoms with Gasteiger partial charge in [0.15, 0.2) is 0 Å². The fourth-order valence-corrected chi connectivity index (χ4v) is 3.64. The van der Waals surface area contributed by atoms with Crippen molar-refractivity contribution in [3.8, 4) is 11.1 Å². The molecule has 27 heavy (non-hydrogen) atoms. The number of anilines is 2. The maximum Gasteiger partial charge on any atom is 0.229 e. The van der Waals surface area contributed by atoms with Gasteiger partial charge in [-0.1, -0.05) is 18.2 Å². The van der Waals surface area contributed by atoms with E-state index < -0.39 is 10.0 Å². The second kappa shape index (κ2) is 7.13. The third kappa shape index (κ3) is 4.17. The number of nitrogens with zero attached hydrogens (tertiary/aromatic N) is 3. The summed E-state index contributed by atoms with van der Waals surface area (Å²) in [4.78, 5) is 11.5. The van der Waals surface area contributed by atoms with Crippen molar-refractivity contribution < 1.29 is 13.2 Å². The first kappa shape index (κ1) is 17.7. The van der Waals surface area contributed by atoms with Gasteiger partial charge in [-0.25, -0.2) is 13.4 Å². The van der Waals surface area contributed by atoms with Crippen molar-refractivity contribution in [2.75, 3.05) is 42.2 Å². The van der Waals surface area contributed by atoms with Crippen molar-refractivity contribution in [2.45, 2.75) is 0 Å². The van der Waals surface area contributed by atoms with Gasteiger partial charge in [0.2, 0.25) is 10.0 Å². The summed E-state index contributed by atoms with van der Waals surface area (Å²) in [6.45, 7) is 3.03. The molecule has 1 aliphatic rings. The summed E-state index contributed by atoms with van der Waals surface area (Å²) in [5.74, 6) is 0.857. The number of morpholine rings is 1. The zero-order valence-electron chi connectivity index (χ0n) is 14.9. The molecule has 0 atom stereocenters. The van der Waals surface area contributed by atoms with Crippen molar-refractivity contribution in [2.24, 2.45) is 0 Å². The lowest BCUT2D eigenvalue weighted by Crippen LogP contribution is -2.36. The van der Waals surface area contributed by atoms with Crippen LogP contribution in [0.25, 0.3) is 22.2 Å². The molecule has 7 nitrogen and oxygen atoms in total. The number of ether oxygens (including phenoxy) is 1. The van der Waals surface area contributed by atoms with E-state index in [4.69, 9.17) is 9.72 Å². The average Bonchev–Trinajstić information content (AvgIpc) is 2.67. The van der Waals surface area contributed by atoms with E-state index in [9.17, 15) is 8.42 Å². The van der Waals surface area contributed by atoms with Crippen LogP contribution in [-0.2, 0) is 14.8 Å². The lowest BCUT2D eigenvalue weighted by molar-refractivity contribution is 0.122. The van der Waals surface area contributed by atoms with Crippen LogP contribution in [0.4, 0.5) is 11.5 Å². The number of sulfonamides is 1. The van der Waals surface area contributed by atoms with Crippen LogP contribution in [0, 0.1) is 0 Å². The van der Waals surface area contributed by atoms with Crippen molar-refractivity contribution in [3.63, 3.8) is 0 Å². The minimum absolute atomic E-state index is 0.538. The van der Waals surface area contributed by atoms with E-state index in [1.165, 1.54) is 0 Å². The zero-order chi connectivity index (χ0) is 18.9. The van der Waals surface area contributed by atoms with Gasteiger partial charge in [-0.2, -0.15) is 0 Å². The van der Waals surface area contributed by atoms with E-state index in [1.807, 2.05) is 30.3 Å². The highest BCUT2D eigenvalue weighted by molar-refractivity contribution is 7.92. The van der Waals surface area contributed by atoms with Gasteiger partial charge in [0, 0.05) is 18.8 Å². The molecule has 1 aliphatic heterocycles. The predicted octanol–water partition coefficient (Wildman–Crippen LogP) is 2.50. The third-order valence-corrected chi connectivity index (χ3v) is 4.99. The molecule has 0 aliphatic carbocycles. The Labute approximate surface area is 158 Å². The van der Waals surface area contributed by atoms with Crippen LogP contribution in [0.3, 0.4) is 0 Å². The van der Waals surface area contributed by atoms with E-state index in [1.54, 1.807) is 18.3 Å². The van der Waals surface area contributed by atoms with Crippen LogP contribution in [-0.4, -0.2) is 50.9 Å². The van der Waals surface area contributed by atoms with Crippen LogP contribution in [0.2, 0.25) is 0 Å². The van der Waals surface area contributed by atoms with Gasteiger partial charge in [0.05, 0.1) is 36.7 Å². The molecule has 3 aromatic rings. The number of hydrogen-bond acceptors (Lipinski definition) is 6. The summed E-state index contributed by atoms with van der Waals surface area (Å²) in [7, 11) is -3.28. The van der Waals surface area contributed by atoms with E-state index in [2.05, 4.69) is 14.6 Å². The van der Waals surface area contributed by atoms with Gasteiger partial charge in [0.25, 0.3) is 0 Å². The molecule has 0 spiro atoms. The van der Waals surface area contributed by atoms with Crippen molar-refractivity contribution in [1.82, 2.24) is 9.97 Å². The number of fused-ring (bicyclic) bond motifs is 1. The maximum absolute atomic E-state index is 11.3. The van der Waals surface area contributed by atoms with Gasteiger partial charge >= 0.3 is 0 Å². The number of hydrogen-bond donors (Lipinski definition) is 1. The predicted molar refractivity (Wildman–Crippen MR) is 106 cm³/mol. The topological polar surface area (TPSA) is 84.4 Å². The van der Waals surface area contributed by atoms with Gasteiger partial charge < -0.3 is 9.64 Å². The largest absolute Gasteiger partial charge is 0.378 e. The Balaban J connectivity index is 1.63. The molecule has 1 aromatic heterocycles. The van der Waals surface area contributed by atoms with E-state index in [-0.39, 0.29) is 0 Å². The summed E-state index contributed by atoms with van der Waals surface area (Å²) in [5, 5.41) is 0. The molecule has 0 radical (unpaired) electrons. The number of benzene rings is 2. The lowest BCUT2D eigenvalue weighted by Gasteiger charge is -2.27. The fraction of sp³-hybridized carbons (Fsp3) is 0.263. The molecule has 1 saturated heterocycles. The minimum atomic E-state index is -3.28. The molecular formula is C19H20N4O3S. The fourth-order valence-electron chi connectivity index (χ4n) is 3.07. The SMILES string of the molecule is CS(=O)(=O)Nc1ccc(-c2ccc3ncc(N4CCOCC4)nc3c2)cc1. The third-order valence-electron chi connectivity index (χ3n) is 4.39. The summed E-state index contributed by atoms with van der Waals surface area (Å²) in [5.41, 5.74) is 4.19. The highest BCUT2D eigenvalue weighted by atomic mass is 32.2. The molecule has 0 bridgehead atoms. The smallest absolute Gasteiger partial charge is 0.229 e. The molecule has 4 rings (SSSR count). The van der Waals surface area contributed by atoms with Crippen LogP contribution in [0.1, 0.15) is 0 Å². The van der Waals surface area contributed by atoms with Gasteiger partial charge in [0.1, 0.15) is 5.82 Å². The Morgan fingerprint density at radius 3 is 2.41 bits per heavy atom. The monoisotopic (exact) mass is 384 g/mol. The molecule has 0 amide bonds. The summed E-state index contributed by atoms with van der Waals surface area (Å²) in [6, 6.07) is 13.2. The molecular weight excluding hydrogens is 364 g/mol. The van der Waals surface area contributed by atoms with Crippen molar-refractivity contribution >= 4 is 32.6 Å². The first-order chi connectivity index (χ1) is 13.0. The average molecular weight is 384 g/mol. The highest BCUT2D eigenvalue weighted by Gasteiger charge is 2.13. The normalized spacial score (nSPS) is 15.1. The molecule has 2 heterocycles. The zero-order valence-corrected chi connectivity index (χ0v) is 15.7. The lowest BCUT2D eigenvalue weighted by atomic mass is 10.0. The van der Waals surface area contributed by atoms with Crippen molar-refractivity contribution in [1.29, 1.82) is 0 Å². The Hall–Kier alpha value is -2.71. The van der Waals surface area contributed by atoms with E-state index in [0.29, 0.717) is 18.9 Å². The quantitative estimate of drug-likeness (QED) is 0.744. The Bertz CT molecular complexity index is 1060. The molecule has 8 heteroatoms. The van der Waals surface area contributed by atoms with Crippen molar-refractivity contribution in [3.05, 3.63) is 48.7 Å². The molecule has 0 saturated carbocycles. The summed E-state index contributed by atoms with van der Waals surface area (Å²) >= 11 is 0. The summed E-state index contributed by atoms with van der Waals surface area (Å²) in [6.07, 6.45) is 2.94. The molecule has 140 valence electrons. The van der Waals surface area contributed by atoms with Gasteiger partial charge in [-0.15, -0.1) is 0 Å².